The van der Waals surface area contributed by atoms with Crippen molar-refractivity contribution in [2.75, 3.05) is 7.11 Å². The Bertz CT molecular complexity index is 480. The summed E-state index contributed by atoms with van der Waals surface area (Å²) in [7, 11) is 1.10. The maximum absolute atomic E-state index is 11.8. The Balaban J connectivity index is 3.11. The van der Waals surface area contributed by atoms with Gasteiger partial charge in [0.15, 0.2) is 5.71 Å². The quantitative estimate of drug-likeness (QED) is 0.479. The van der Waals surface area contributed by atoms with Gasteiger partial charge in [-0.2, -0.15) is 0 Å². The molecule has 0 bridgehead atoms. The van der Waals surface area contributed by atoms with E-state index in [-0.39, 0.29) is 5.56 Å². The van der Waals surface area contributed by atoms with Crippen LogP contribution in [0, 0.1) is 0 Å². The summed E-state index contributed by atoms with van der Waals surface area (Å²) in [5.41, 5.74) is -0.308. The number of carbonyl (C=O) groups is 2. The van der Waals surface area contributed by atoms with Crippen molar-refractivity contribution >= 4 is 52.4 Å². The average Bonchev–Trinajstić information content (AvgIpc) is 2.34. The molecule has 0 aliphatic carbocycles. The van der Waals surface area contributed by atoms with Crippen LogP contribution in [-0.2, 0) is 9.53 Å². The van der Waals surface area contributed by atoms with Gasteiger partial charge in [-0.3, -0.25) is 4.79 Å². The lowest BCUT2D eigenvalue weighted by atomic mass is 10.2. The van der Waals surface area contributed by atoms with Gasteiger partial charge < -0.3 is 4.74 Å². The molecule has 1 aromatic carbocycles. The van der Waals surface area contributed by atoms with Gasteiger partial charge >= 0.3 is 5.97 Å². The molecule has 0 aromatic heterocycles. The van der Waals surface area contributed by atoms with E-state index in [1.807, 2.05) is 0 Å². The van der Waals surface area contributed by atoms with Crippen LogP contribution in [0.15, 0.2) is 35.3 Å². The molecule has 0 N–H and O–H groups in total. The summed E-state index contributed by atoms with van der Waals surface area (Å²) in [5, 5.41) is 0. The number of nitrogens with zero attached hydrogens (tertiary/aromatic N) is 1. The molecule has 0 unspecified atom stereocenters. The molecule has 0 saturated carbocycles. The van der Waals surface area contributed by atoms with Crippen LogP contribution >= 0.6 is 34.8 Å². The number of rotatable bonds is 2. The molecule has 0 spiro atoms. The monoisotopic (exact) mass is 307 g/mol. The number of amides is 1. The number of hydrogen-bond acceptors (Lipinski definition) is 3. The molecule has 0 saturated heterocycles. The van der Waals surface area contributed by atoms with Gasteiger partial charge in [-0.05, 0) is 12.1 Å². The SMILES string of the molecule is COC(=O)C(=NC(=O)c1ccccc1)C(Cl)(Cl)Cl. The second-order valence-corrected chi connectivity index (χ2v) is 5.40. The largest absolute Gasteiger partial charge is 0.464 e. The van der Waals surface area contributed by atoms with E-state index in [4.69, 9.17) is 34.8 Å². The lowest BCUT2D eigenvalue weighted by molar-refractivity contribution is -0.132. The Hall–Kier alpha value is -1.10. The molecule has 0 heterocycles. The highest BCUT2D eigenvalue weighted by Gasteiger charge is 2.35. The molecule has 0 aliphatic rings. The van der Waals surface area contributed by atoms with E-state index in [1.165, 1.54) is 12.1 Å². The van der Waals surface area contributed by atoms with E-state index in [0.717, 1.165) is 7.11 Å². The average molecular weight is 309 g/mol. The molecular formula is C11H8Cl3NO3. The lowest BCUT2D eigenvalue weighted by Gasteiger charge is -2.11. The van der Waals surface area contributed by atoms with E-state index in [2.05, 4.69) is 9.73 Å². The third kappa shape index (κ3) is 3.98. The second-order valence-electron chi connectivity index (χ2n) is 3.12. The molecule has 1 rings (SSSR count). The van der Waals surface area contributed by atoms with Crippen LogP contribution in [0.5, 0.6) is 0 Å². The third-order valence-corrected chi connectivity index (χ3v) is 2.42. The molecular weight excluding hydrogens is 300 g/mol. The van der Waals surface area contributed by atoms with Gasteiger partial charge in [-0.25, -0.2) is 9.79 Å². The minimum absolute atomic E-state index is 0.271. The highest BCUT2D eigenvalue weighted by Crippen LogP contribution is 2.29. The first kappa shape index (κ1) is 15.0. The molecule has 0 fully saturated rings. The van der Waals surface area contributed by atoms with Crippen molar-refractivity contribution < 1.29 is 14.3 Å². The molecule has 18 heavy (non-hydrogen) atoms. The Kier molecular flexibility index (Phi) is 5.14. The highest BCUT2D eigenvalue weighted by atomic mass is 35.6. The molecule has 7 heteroatoms. The van der Waals surface area contributed by atoms with Gasteiger partial charge in [-0.15, -0.1) is 0 Å². The smallest absolute Gasteiger partial charge is 0.357 e. The first-order valence-electron chi connectivity index (χ1n) is 4.70. The van der Waals surface area contributed by atoms with Gasteiger partial charge in [-0.1, -0.05) is 53.0 Å². The predicted molar refractivity (Wildman–Crippen MR) is 70.5 cm³/mol. The van der Waals surface area contributed by atoms with Crippen molar-refractivity contribution in [1.29, 1.82) is 0 Å². The number of ether oxygens (including phenoxy) is 1. The van der Waals surface area contributed by atoms with Crippen molar-refractivity contribution in [2.45, 2.75) is 3.79 Å². The first-order chi connectivity index (χ1) is 8.36. The normalized spacial score (nSPS) is 12.1. The van der Waals surface area contributed by atoms with Crippen molar-refractivity contribution in [1.82, 2.24) is 0 Å². The molecule has 4 nitrogen and oxygen atoms in total. The molecule has 0 radical (unpaired) electrons. The summed E-state index contributed by atoms with van der Waals surface area (Å²) < 4.78 is 2.27. The zero-order valence-electron chi connectivity index (χ0n) is 9.19. The Morgan fingerprint density at radius 2 is 1.72 bits per heavy atom. The zero-order valence-corrected chi connectivity index (χ0v) is 11.5. The number of benzene rings is 1. The minimum Gasteiger partial charge on any atom is -0.464 e. The van der Waals surface area contributed by atoms with E-state index >= 15 is 0 Å². The number of methoxy groups -OCH3 is 1. The van der Waals surface area contributed by atoms with E-state index in [9.17, 15) is 9.59 Å². The van der Waals surface area contributed by atoms with Crippen molar-refractivity contribution in [2.24, 2.45) is 4.99 Å². The minimum atomic E-state index is -2.13. The predicted octanol–water partition coefficient (Wildman–Crippen LogP) is 2.81. The highest BCUT2D eigenvalue weighted by molar-refractivity contribution is 6.82. The number of esters is 1. The Labute approximate surface area is 118 Å². The fourth-order valence-electron chi connectivity index (χ4n) is 1.07. The topological polar surface area (TPSA) is 55.7 Å². The maximum Gasteiger partial charge on any atom is 0.357 e. The van der Waals surface area contributed by atoms with E-state index < -0.39 is 21.4 Å². The summed E-state index contributed by atoms with van der Waals surface area (Å²) in [6, 6.07) is 8.08. The van der Waals surface area contributed by atoms with Crippen LogP contribution in [0.2, 0.25) is 0 Å². The molecule has 0 atom stereocenters. The maximum atomic E-state index is 11.8. The third-order valence-electron chi connectivity index (χ3n) is 1.88. The van der Waals surface area contributed by atoms with Crippen LogP contribution < -0.4 is 0 Å². The Morgan fingerprint density at radius 1 is 1.17 bits per heavy atom. The van der Waals surface area contributed by atoms with Crippen LogP contribution in [-0.4, -0.2) is 28.5 Å². The molecule has 0 aliphatic heterocycles. The van der Waals surface area contributed by atoms with Crippen molar-refractivity contribution in [3.63, 3.8) is 0 Å². The van der Waals surface area contributed by atoms with Gasteiger partial charge in [0.05, 0.1) is 7.11 Å². The summed E-state index contributed by atoms with van der Waals surface area (Å²) in [6.45, 7) is 0. The number of carbonyl (C=O) groups excluding carboxylic acids is 2. The van der Waals surface area contributed by atoms with Gasteiger partial charge in [0, 0.05) is 5.56 Å². The van der Waals surface area contributed by atoms with Gasteiger partial charge in [0.25, 0.3) is 5.91 Å². The number of alkyl halides is 3. The van der Waals surface area contributed by atoms with E-state index in [0.29, 0.717) is 0 Å². The summed E-state index contributed by atoms with van der Waals surface area (Å²) >= 11 is 16.7. The van der Waals surface area contributed by atoms with Gasteiger partial charge in [0.1, 0.15) is 0 Å². The molecule has 96 valence electrons. The summed E-state index contributed by atoms with van der Waals surface area (Å²) in [6.07, 6.45) is 0. The fraction of sp³-hybridized carbons (Fsp3) is 0.182. The molecule has 1 aromatic rings. The first-order valence-corrected chi connectivity index (χ1v) is 5.83. The second kappa shape index (κ2) is 6.18. The number of halogens is 3. The van der Waals surface area contributed by atoms with Crippen LogP contribution in [0.1, 0.15) is 10.4 Å². The summed E-state index contributed by atoms with van der Waals surface area (Å²) in [4.78, 5) is 26.6. The number of hydrogen-bond donors (Lipinski definition) is 0. The molecule has 1 amide bonds. The van der Waals surface area contributed by atoms with Crippen LogP contribution in [0.3, 0.4) is 0 Å². The van der Waals surface area contributed by atoms with E-state index in [1.54, 1.807) is 18.2 Å². The fourth-order valence-corrected chi connectivity index (χ4v) is 1.43. The summed E-state index contributed by atoms with van der Waals surface area (Å²) in [5.74, 6) is -1.67. The lowest BCUT2D eigenvalue weighted by Crippen LogP contribution is -2.30. The zero-order chi connectivity index (χ0) is 13.8. The van der Waals surface area contributed by atoms with Crippen molar-refractivity contribution in [3.8, 4) is 0 Å². The standard InChI is InChI=1S/C11H8Cl3NO3/c1-18-10(17)8(11(12,13)14)15-9(16)7-5-3-2-4-6-7/h2-6H,1H3. The van der Waals surface area contributed by atoms with Gasteiger partial charge in [0.2, 0.25) is 3.79 Å². The van der Waals surface area contributed by atoms with Crippen LogP contribution in [0.4, 0.5) is 0 Å². The van der Waals surface area contributed by atoms with Crippen molar-refractivity contribution in [3.05, 3.63) is 35.9 Å². The Morgan fingerprint density at radius 3 is 2.17 bits per heavy atom. The number of aliphatic imine (C=N–C) groups is 1. The van der Waals surface area contributed by atoms with Crippen LogP contribution in [0.25, 0.3) is 0 Å².